The minimum Gasteiger partial charge on any atom is -0.382 e. The van der Waals surface area contributed by atoms with Crippen LogP contribution >= 0.6 is 0 Å². The van der Waals surface area contributed by atoms with Gasteiger partial charge < -0.3 is 15.4 Å². The van der Waals surface area contributed by atoms with E-state index in [2.05, 4.69) is 20.4 Å². The Kier molecular flexibility index (Phi) is 3.78. The summed E-state index contributed by atoms with van der Waals surface area (Å²) in [7, 11) is 0. The van der Waals surface area contributed by atoms with Gasteiger partial charge >= 0.3 is 0 Å². The molecule has 0 amide bonds. The molecule has 1 aromatic heterocycles. The molecule has 7 nitrogen and oxygen atoms in total. The molecule has 0 aliphatic carbocycles. The number of nitrogen functional groups attached to an aromatic ring is 1. The van der Waals surface area contributed by atoms with Crippen LogP contribution in [0.2, 0.25) is 0 Å². The second-order valence-corrected chi connectivity index (χ2v) is 4.59. The summed E-state index contributed by atoms with van der Waals surface area (Å²) in [6, 6.07) is 5.89. The monoisotopic (exact) mass is 290 g/mol. The van der Waals surface area contributed by atoms with E-state index >= 15 is 0 Å². The van der Waals surface area contributed by atoms with Gasteiger partial charge in [-0.25, -0.2) is 4.39 Å². The van der Waals surface area contributed by atoms with Gasteiger partial charge in [0.1, 0.15) is 11.6 Å². The lowest BCUT2D eigenvalue weighted by atomic mass is 10.3. The van der Waals surface area contributed by atoms with Crippen LogP contribution in [0.3, 0.4) is 0 Å². The number of hydrogen-bond donors (Lipinski definition) is 2. The Balaban J connectivity index is 1.86. The molecule has 0 saturated carbocycles. The molecule has 8 heteroatoms. The fourth-order valence-corrected chi connectivity index (χ4v) is 2.08. The fraction of sp³-hybridized carbons (Fsp3) is 0.308. The largest absolute Gasteiger partial charge is 0.382 e. The third-order valence-corrected chi connectivity index (χ3v) is 3.13. The molecule has 1 fully saturated rings. The topological polar surface area (TPSA) is 91.9 Å². The maximum absolute atomic E-state index is 13.1. The molecule has 0 spiro atoms. The van der Waals surface area contributed by atoms with E-state index in [0.29, 0.717) is 49.3 Å². The van der Waals surface area contributed by atoms with E-state index in [1.165, 1.54) is 12.1 Å². The lowest BCUT2D eigenvalue weighted by Crippen LogP contribution is -2.36. The number of nitrogens with zero attached hydrogens (tertiary/aromatic N) is 4. The number of nitrogens with two attached hydrogens (primary N) is 1. The molecule has 0 bridgehead atoms. The second kappa shape index (κ2) is 5.88. The number of nitrogens with one attached hydrogen (secondary N) is 1. The highest BCUT2D eigenvalue weighted by Crippen LogP contribution is 2.33. The lowest BCUT2D eigenvalue weighted by Gasteiger charge is -2.26. The number of azo groups is 1. The minimum absolute atomic E-state index is 0.330. The number of morpholine rings is 1. The Labute approximate surface area is 120 Å². The SMILES string of the molecule is Nc1[nH]nc(N2CCOCC2)c1N=Nc1cccc(F)c1. The average Bonchev–Trinajstić information content (AvgIpc) is 2.87. The maximum atomic E-state index is 13.1. The number of H-pyrrole nitrogens is 1. The molecule has 3 N–H and O–H groups in total. The van der Waals surface area contributed by atoms with Crippen molar-refractivity contribution in [1.82, 2.24) is 10.2 Å². The number of hydrogen-bond acceptors (Lipinski definition) is 6. The smallest absolute Gasteiger partial charge is 0.180 e. The zero-order valence-corrected chi connectivity index (χ0v) is 11.3. The van der Waals surface area contributed by atoms with Crippen LogP contribution < -0.4 is 10.6 Å². The molecule has 0 atom stereocenters. The van der Waals surface area contributed by atoms with Crippen molar-refractivity contribution in [3.8, 4) is 0 Å². The molecule has 2 aromatic rings. The van der Waals surface area contributed by atoms with Gasteiger partial charge in [0.15, 0.2) is 11.5 Å². The average molecular weight is 290 g/mol. The molecular weight excluding hydrogens is 275 g/mol. The van der Waals surface area contributed by atoms with Gasteiger partial charge in [-0.3, -0.25) is 5.10 Å². The first-order valence-corrected chi connectivity index (χ1v) is 6.58. The van der Waals surface area contributed by atoms with Crippen molar-refractivity contribution in [1.29, 1.82) is 0 Å². The van der Waals surface area contributed by atoms with E-state index in [4.69, 9.17) is 10.5 Å². The zero-order valence-electron chi connectivity index (χ0n) is 11.3. The van der Waals surface area contributed by atoms with Crippen molar-refractivity contribution < 1.29 is 9.13 Å². The summed E-state index contributed by atoms with van der Waals surface area (Å²) >= 11 is 0. The first-order chi connectivity index (χ1) is 10.2. The lowest BCUT2D eigenvalue weighted by molar-refractivity contribution is 0.122. The van der Waals surface area contributed by atoms with Crippen LogP contribution in [-0.4, -0.2) is 36.5 Å². The summed E-state index contributed by atoms with van der Waals surface area (Å²) in [5, 5.41) is 15.0. The molecular formula is C13H15FN6O. The summed E-state index contributed by atoms with van der Waals surface area (Å²) < 4.78 is 18.4. The number of ether oxygens (including phenoxy) is 1. The molecule has 1 saturated heterocycles. The molecule has 0 unspecified atom stereocenters. The highest BCUT2D eigenvalue weighted by molar-refractivity contribution is 5.73. The van der Waals surface area contributed by atoms with Crippen LogP contribution in [-0.2, 0) is 4.74 Å². The highest BCUT2D eigenvalue weighted by atomic mass is 19.1. The molecule has 21 heavy (non-hydrogen) atoms. The van der Waals surface area contributed by atoms with E-state index < -0.39 is 0 Å². The Bertz CT molecular complexity index is 650. The molecule has 2 heterocycles. The van der Waals surface area contributed by atoms with Gasteiger partial charge in [0.2, 0.25) is 0 Å². The van der Waals surface area contributed by atoms with Gasteiger partial charge in [-0.05, 0) is 12.1 Å². The summed E-state index contributed by atoms with van der Waals surface area (Å²) in [6.45, 7) is 2.69. The molecule has 110 valence electrons. The van der Waals surface area contributed by atoms with Crippen LogP contribution in [0.25, 0.3) is 0 Å². The van der Waals surface area contributed by atoms with Crippen LogP contribution in [0.1, 0.15) is 0 Å². The summed E-state index contributed by atoms with van der Waals surface area (Å²) in [5.41, 5.74) is 6.72. The minimum atomic E-state index is -0.361. The van der Waals surface area contributed by atoms with Crippen molar-refractivity contribution in [2.24, 2.45) is 10.2 Å². The first-order valence-electron chi connectivity index (χ1n) is 6.58. The molecule has 1 aliphatic heterocycles. The van der Waals surface area contributed by atoms with Gasteiger partial charge in [-0.2, -0.15) is 10.2 Å². The van der Waals surface area contributed by atoms with Gasteiger partial charge in [0.25, 0.3) is 0 Å². The second-order valence-electron chi connectivity index (χ2n) is 4.59. The van der Waals surface area contributed by atoms with Gasteiger partial charge in [-0.1, -0.05) is 6.07 Å². The molecule has 3 rings (SSSR count). The Morgan fingerprint density at radius 3 is 2.86 bits per heavy atom. The Morgan fingerprint density at radius 1 is 1.29 bits per heavy atom. The zero-order chi connectivity index (χ0) is 14.7. The third kappa shape index (κ3) is 3.00. The molecule has 1 aromatic carbocycles. The number of anilines is 2. The third-order valence-electron chi connectivity index (χ3n) is 3.13. The summed E-state index contributed by atoms with van der Waals surface area (Å²) in [5.74, 6) is 0.604. The number of halogens is 1. The van der Waals surface area contributed by atoms with Crippen molar-refractivity contribution >= 4 is 23.0 Å². The summed E-state index contributed by atoms with van der Waals surface area (Å²) in [6.07, 6.45) is 0. The fourth-order valence-electron chi connectivity index (χ4n) is 2.08. The Hall–Kier alpha value is -2.48. The standard InChI is InChI=1S/C13H15FN6O/c14-9-2-1-3-10(8-9)16-17-11-12(15)18-19-13(11)20-4-6-21-7-5-20/h1-3,8H,4-7H2,(H3,15,18,19). The number of rotatable bonds is 3. The van der Waals surface area contributed by atoms with E-state index in [1.807, 2.05) is 4.90 Å². The Morgan fingerprint density at radius 2 is 2.10 bits per heavy atom. The normalized spacial score (nSPS) is 15.8. The van der Waals surface area contributed by atoms with Crippen molar-refractivity contribution in [2.75, 3.05) is 36.9 Å². The predicted octanol–water partition coefficient (Wildman–Crippen LogP) is 2.38. The number of aromatic amines is 1. The van der Waals surface area contributed by atoms with Crippen LogP contribution in [0.4, 0.5) is 27.4 Å². The van der Waals surface area contributed by atoms with Crippen molar-refractivity contribution in [3.63, 3.8) is 0 Å². The van der Waals surface area contributed by atoms with Crippen LogP contribution in [0.5, 0.6) is 0 Å². The molecule has 0 radical (unpaired) electrons. The first kappa shape index (κ1) is 13.5. The van der Waals surface area contributed by atoms with Gasteiger partial charge in [-0.15, -0.1) is 5.11 Å². The van der Waals surface area contributed by atoms with Gasteiger partial charge in [0.05, 0.1) is 18.9 Å². The highest BCUT2D eigenvalue weighted by Gasteiger charge is 2.20. The van der Waals surface area contributed by atoms with Crippen molar-refractivity contribution in [3.05, 3.63) is 30.1 Å². The van der Waals surface area contributed by atoms with Gasteiger partial charge in [0, 0.05) is 19.2 Å². The van der Waals surface area contributed by atoms with E-state index in [-0.39, 0.29) is 5.82 Å². The van der Waals surface area contributed by atoms with E-state index in [1.54, 1.807) is 12.1 Å². The maximum Gasteiger partial charge on any atom is 0.180 e. The quantitative estimate of drug-likeness (QED) is 0.849. The number of benzene rings is 1. The van der Waals surface area contributed by atoms with Crippen LogP contribution in [0, 0.1) is 5.82 Å². The number of aromatic nitrogens is 2. The van der Waals surface area contributed by atoms with Crippen molar-refractivity contribution in [2.45, 2.75) is 0 Å². The predicted molar refractivity (Wildman–Crippen MR) is 76.6 cm³/mol. The van der Waals surface area contributed by atoms with Crippen LogP contribution in [0.15, 0.2) is 34.5 Å². The van der Waals surface area contributed by atoms with E-state index in [9.17, 15) is 4.39 Å². The van der Waals surface area contributed by atoms with E-state index in [0.717, 1.165) is 0 Å². The summed E-state index contributed by atoms with van der Waals surface area (Å²) in [4.78, 5) is 2.02. The molecule has 1 aliphatic rings.